The number of hydrogen-bond donors (Lipinski definition) is 2. The van der Waals surface area contributed by atoms with Gasteiger partial charge in [0.1, 0.15) is 11.1 Å². The smallest absolute Gasteiger partial charge is 0.273 e. The van der Waals surface area contributed by atoms with Gasteiger partial charge in [-0.05, 0) is 12.1 Å². The maximum atomic E-state index is 12.4. The van der Waals surface area contributed by atoms with E-state index < -0.39 is 21.1 Å². The van der Waals surface area contributed by atoms with Crippen molar-refractivity contribution < 1.29 is 13.2 Å². The third-order valence-electron chi connectivity index (χ3n) is 2.99. The summed E-state index contributed by atoms with van der Waals surface area (Å²) in [6, 6.07) is 3.13. The number of rotatable bonds is 3. The van der Waals surface area contributed by atoms with Gasteiger partial charge in [0.05, 0.1) is 5.69 Å². The molecule has 0 bridgehead atoms. The Bertz CT molecular complexity index is 605. The molecular weight excluding hydrogens is 300 g/mol. The molecule has 20 heavy (non-hydrogen) atoms. The van der Waals surface area contributed by atoms with Crippen molar-refractivity contribution >= 4 is 33.2 Å². The maximum absolute atomic E-state index is 12.4. The first-order chi connectivity index (χ1) is 9.43. The van der Waals surface area contributed by atoms with Gasteiger partial charge in [-0.3, -0.25) is 15.6 Å². The summed E-state index contributed by atoms with van der Waals surface area (Å²) >= 11 is 1.53. The molecule has 1 saturated heterocycles. The first kappa shape index (κ1) is 15.1. The number of hydrogen-bond acceptors (Lipinski definition) is 7. The van der Waals surface area contributed by atoms with Gasteiger partial charge < -0.3 is 10.3 Å². The van der Waals surface area contributed by atoms with Crippen LogP contribution in [0.15, 0.2) is 18.3 Å². The monoisotopic (exact) mass is 316 g/mol. The molecule has 2 rings (SSSR count). The first-order valence-electron chi connectivity index (χ1n) is 5.93. The molecule has 0 saturated carbocycles. The summed E-state index contributed by atoms with van der Waals surface area (Å²) in [5.41, 5.74) is 3.16. The quantitative estimate of drug-likeness (QED) is 0.594. The Labute approximate surface area is 121 Å². The molecule has 2 heterocycles. The molecule has 1 aromatic rings. The summed E-state index contributed by atoms with van der Waals surface area (Å²) in [6.45, 7) is 0.392. The second-order valence-corrected chi connectivity index (χ2v) is 7.78. The summed E-state index contributed by atoms with van der Waals surface area (Å²) in [7, 11) is -3.33. The van der Waals surface area contributed by atoms with Gasteiger partial charge in [-0.1, -0.05) is 0 Å². The Hall–Kier alpha value is -1.32. The van der Waals surface area contributed by atoms with Crippen molar-refractivity contribution in [2.24, 2.45) is 5.84 Å². The summed E-state index contributed by atoms with van der Waals surface area (Å²) in [5.74, 6) is 6.00. The predicted molar refractivity (Wildman–Crippen MR) is 79.0 cm³/mol. The van der Waals surface area contributed by atoms with Crippen LogP contribution in [0.3, 0.4) is 0 Å². The second-order valence-electron chi connectivity index (χ2n) is 4.43. The van der Waals surface area contributed by atoms with Crippen molar-refractivity contribution in [2.75, 3.05) is 29.7 Å². The van der Waals surface area contributed by atoms with E-state index in [1.54, 1.807) is 6.07 Å². The highest BCUT2D eigenvalue weighted by Gasteiger charge is 2.35. The molecule has 0 spiro atoms. The van der Waals surface area contributed by atoms with Crippen LogP contribution in [0, 0.1) is 0 Å². The zero-order chi connectivity index (χ0) is 14.8. The number of nitrogens with two attached hydrogens (primary N) is 1. The van der Waals surface area contributed by atoms with E-state index in [4.69, 9.17) is 5.84 Å². The van der Waals surface area contributed by atoms with E-state index in [-0.39, 0.29) is 5.69 Å². The third kappa shape index (κ3) is 3.22. The van der Waals surface area contributed by atoms with Crippen LogP contribution in [0.5, 0.6) is 0 Å². The van der Waals surface area contributed by atoms with Crippen LogP contribution < -0.4 is 11.3 Å². The van der Waals surface area contributed by atoms with E-state index in [0.29, 0.717) is 23.7 Å². The van der Waals surface area contributed by atoms with Gasteiger partial charge >= 0.3 is 0 Å². The molecule has 1 amide bonds. The average molecular weight is 316 g/mol. The lowest BCUT2D eigenvalue weighted by Gasteiger charge is -2.33. The maximum Gasteiger partial charge on any atom is 0.273 e. The van der Waals surface area contributed by atoms with Crippen LogP contribution in [0.2, 0.25) is 0 Å². The fourth-order valence-electron chi connectivity index (χ4n) is 1.95. The molecule has 1 unspecified atom stereocenters. The van der Waals surface area contributed by atoms with E-state index in [9.17, 15) is 13.2 Å². The molecular formula is C11H16N4O3S2. The van der Waals surface area contributed by atoms with E-state index in [2.05, 4.69) is 10.4 Å². The highest BCUT2D eigenvalue weighted by Crippen LogP contribution is 2.22. The fourth-order valence-corrected chi connectivity index (χ4v) is 4.77. The standard InChI is InChI=1S/C11H16N4O3S2/c1-20(17,18)10-7-19-5-4-15(10)11(16)9-6-8(14-12)2-3-13-9/h2-3,6,10H,4-5,7,12H2,1H3,(H,13,14). The van der Waals surface area contributed by atoms with E-state index >= 15 is 0 Å². The van der Waals surface area contributed by atoms with E-state index in [1.165, 1.54) is 28.9 Å². The number of sulfone groups is 1. The SMILES string of the molecule is CS(=O)(=O)C1CSCCN1C(=O)c1cc(NN)ccn1. The number of anilines is 1. The molecule has 1 aliphatic rings. The minimum atomic E-state index is -3.33. The summed E-state index contributed by atoms with van der Waals surface area (Å²) in [6.07, 6.45) is 2.60. The van der Waals surface area contributed by atoms with E-state index in [1.807, 2.05) is 0 Å². The van der Waals surface area contributed by atoms with Gasteiger partial charge in [0.15, 0.2) is 9.84 Å². The summed E-state index contributed by atoms with van der Waals surface area (Å²) in [5, 5.41) is -0.801. The van der Waals surface area contributed by atoms with Gasteiger partial charge in [0.25, 0.3) is 5.91 Å². The fraction of sp³-hybridized carbons (Fsp3) is 0.455. The van der Waals surface area contributed by atoms with Crippen molar-refractivity contribution in [3.63, 3.8) is 0 Å². The number of carbonyl (C=O) groups is 1. The Morgan fingerprint density at radius 1 is 1.60 bits per heavy atom. The Balaban J connectivity index is 2.30. The molecule has 1 atom stereocenters. The van der Waals surface area contributed by atoms with Crippen LogP contribution in [-0.4, -0.2) is 53.9 Å². The normalized spacial score (nSPS) is 19.7. The topological polar surface area (TPSA) is 105 Å². The second kappa shape index (κ2) is 5.98. The number of thioether (sulfide) groups is 1. The molecule has 0 aliphatic carbocycles. The van der Waals surface area contributed by atoms with Crippen molar-refractivity contribution in [2.45, 2.75) is 5.37 Å². The number of amides is 1. The van der Waals surface area contributed by atoms with Crippen LogP contribution in [0.1, 0.15) is 10.5 Å². The predicted octanol–water partition coefficient (Wildman–Crippen LogP) is -0.0731. The number of carbonyl (C=O) groups excluding carboxylic acids is 1. The van der Waals surface area contributed by atoms with Crippen LogP contribution in [0.4, 0.5) is 5.69 Å². The molecule has 0 radical (unpaired) electrons. The van der Waals surface area contributed by atoms with Crippen LogP contribution in [0.25, 0.3) is 0 Å². The van der Waals surface area contributed by atoms with Gasteiger partial charge in [-0.15, -0.1) is 0 Å². The molecule has 0 aromatic carbocycles. The van der Waals surface area contributed by atoms with Gasteiger partial charge in [0.2, 0.25) is 0 Å². The molecule has 7 nitrogen and oxygen atoms in total. The van der Waals surface area contributed by atoms with Crippen molar-refractivity contribution in [1.82, 2.24) is 9.88 Å². The Kier molecular flexibility index (Phi) is 4.51. The number of nitrogen functional groups attached to an aromatic ring is 1. The van der Waals surface area contributed by atoms with Crippen LogP contribution >= 0.6 is 11.8 Å². The zero-order valence-corrected chi connectivity index (χ0v) is 12.6. The van der Waals surface area contributed by atoms with Crippen molar-refractivity contribution in [3.05, 3.63) is 24.0 Å². The average Bonchev–Trinajstić information content (AvgIpc) is 2.45. The Morgan fingerprint density at radius 3 is 3.00 bits per heavy atom. The number of hydrazine groups is 1. The summed E-state index contributed by atoms with van der Waals surface area (Å²) < 4.78 is 23.6. The minimum absolute atomic E-state index is 0.181. The van der Waals surface area contributed by atoms with Crippen LogP contribution in [-0.2, 0) is 9.84 Å². The molecule has 1 aliphatic heterocycles. The number of aromatic nitrogens is 1. The Morgan fingerprint density at radius 2 is 2.35 bits per heavy atom. The van der Waals surface area contributed by atoms with Crippen molar-refractivity contribution in [1.29, 1.82) is 0 Å². The molecule has 1 fully saturated rings. The lowest BCUT2D eigenvalue weighted by atomic mass is 10.3. The third-order valence-corrected chi connectivity index (χ3v) is 5.63. The lowest BCUT2D eigenvalue weighted by Crippen LogP contribution is -2.50. The highest BCUT2D eigenvalue weighted by molar-refractivity contribution is 8.00. The number of pyridine rings is 1. The molecule has 1 aromatic heterocycles. The molecule has 110 valence electrons. The highest BCUT2D eigenvalue weighted by atomic mass is 32.2. The van der Waals surface area contributed by atoms with Gasteiger partial charge in [0, 0.05) is 30.5 Å². The largest absolute Gasteiger partial charge is 0.324 e. The zero-order valence-electron chi connectivity index (χ0n) is 10.9. The first-order valence-corrected chi connectivity index (χ1v) is 9.04. The lowest BCUT2D eigenvalue weighted by molar-refractivity contribution is 0.0744. The van der Waals surface area contributed by atoms with Crippen molar-refractivity contribution in [3.8, 4) is 0 Å². The number of nitrogens with one attached hydrogen (secondary N) is 1. The van der Waals surface area contributed by atoms with Gasteiger partial charge in [-0.2, -0.15) is 11.8 Å². The van der Waals surface area contributed by atoms with E-state index in [0.717, 1.165) is 6.26 Å². The van der Waals surface area contributed by atoms with Gasteiger partial charge in [-0.25, -0.2) is 8.42 Å². The molecule has 3 N–H and O–H groups in total. The molecule has 9 heteroatoms. The summed E-state index contributed by atoms with van der Waals surface area (Å²) in [4.78, 5) is 17.8. The minimum Gasteiger partial charge on any atom is -0.324 e. The number of nitrogens with zero attached hydrogens (tertiary/aromatic N) is 2.